The molecule has 0 unspecified atom stereocenters. The van der Waals surface area contributed by atoms with Crippen LogP contribution in [-0.2, 0) is 0 Å². The maximum Gasteiger partial charge on any atom is 0.276 e. The van der Waals surface area contributed by atoms with E-state index in [9.17, 15) is 9.59 Å². The Kier molecular flexibility index (Phi) is 5.26. The molecule has 4 rings (SSSR count). The molecule has 3 aromatic carbocycles. The highest BCUT2D eigenvalue weighted by Gasteiger charge is 2.34. The Labute approximate surface area is 174 Å². The third kappa shape index (κ3) is 3.53. The Morgan fingerprint density at radius 1 is 0.933 bits per heavy atom. The molecule has 1 aliphatic heterocycles. The second kappa shape index (κ2) is 8.16. The van der Waals surface area contributed by atoms with Crippen molar-refractivity contribution in [3.8, 4) is 11.5 Å². The molecule has 0 saturated carbocycles. The molecule has 0 spiro atoms. The quantitative estimate of drug-likeness (QED) is 0.680. The molecule has 7 heteroatoms. The largest absolute Gasteiger partial charge is 0.493 e. The molecule has 152 valence electrons. The summed E-state index contributed by atoms with van der Waals surface area (Å²) in [4.78, 5) is 26.1. The van der Waals surface area contributed by atoms with Crippen LogP contribution >= 0.6 is 0 Å². The first-order valence-electron chi connectivity index (χ1n) is 9.39. The lowest BCUT2D eigenvalue weighted by atomic mass is 10.0. The molecule has 7 nitrogen and oxygen atoms in total. The van der Waals surface area contributed by atoms with E-state index in [1.807, 2.05) is 24.3 Å². The number of nitrogens with zero attached hydrogens (tertiary/aromatic N) is 1. The highest BCUT2D eigenvalue weighted by Crippen LogP contribution is 2.36. The number of benzene rings is 3. The van der Waals surface area contributed by atoms with E-state index in [4.69, 9.17) is 9.47 Å². The molecule has 1 aliphatic rings. The van der Waals surface area contributed by atoms with E-state index in [0.29, 0.717) is 28.3 Å². The van der Waals surface area contributed by atoms with Crippen LogP contribution in [0, 0.1) is 0 Å². The van der Waals surface area contributed by atoms with Gasteiger partial charge in [-0.2, -0.15) is 0 Å². The van der Waals surface area contributed by atoms with Crippen molar-refractivity contribution in [2.75, 3.05) is 19.5 Å². The summed E-state index contributed by atoms with van der Waals surface area (Å²) in [5, 5.41) is 4.64. The van der Waals surface area contributed by atoms with E-state index in [1.54, 1.807) is 62.8 Å². The average Bonchev–Trinajstić information content (AvgIpc) is 2.80. The Bertz CT molecular complexity index is 1080. The molecule has 0 aliphatic carbocycles. The third-order valence-electron chi connectivity index (χ3n) is 4.91. The summed E-state index contributed by atoms with van der Waals surface area (Å²) in [5.74, 6) is 0.408. The van der Waals surface area contributed by atoms with Crippen LogP contribution in [0.25, 0.3) is 0 Å². The molecule has 1 heterocycles. The number of hydrogen-bond donors (Lipinski definition) is 2. The Morgan fingerprint density at radius 3 is 2.37 bits per heavy atom. The smallest absolute Gasteiger partial charge is 0.276 e. The van der Waals surface area contributed by atoms with Gasteiger partial charge in [0.1, 0.15) is 6.17 Å². The highest BCUT2D eigenvalue weighted by molar-refractivity contribution is 6.04. The lowest BCUT2D eigenvalue weighted by molar-refractivity contribution is 0.0490. The standard InChI is InChI=1S/C23H21N3O4/c1-29-19-13-12-16(14-20(19)30-2)21-24-18-11-7-6-10-17(18)23(28)26(21)25-22(27)15-8-4-3-5-9-15/h3-14,21,24H,1-2H3,(H,25,27)/t21-/m1/s1. The van der Waals surface area contributed by atoms with Gasteiger partial charge >= 0.3 is 0 Å². The summed E-state index contributed by atoms with van der Waals surface area (Å²) in [5.41, 5.74) is 5.09. The number of ether oxygens (including phenoxy) is 2. The topological polar surface area (TPSA) is 79.9 Å². The lowest BCUT2D eigenvalue weighted by Crippen LogP contribution is -2.52. The van der Waals surface area contributed by atoms with Crippen molar-refractivity contribution in [2.24, 2.45) is 0 Å². The zero-order chi connectivity index (χ0) is 21.1. The predicted molar refractivity (Wildman–Crippen MR) is 112 cm³/mol. The third-order valence-corrected chi connectivity index (χ3v) is 4.91. The Morgan fingerprint density at radius 2 is 1.63 bits per heavy atom. The van der Waals surface area contributed by atoms with E-state index < -0.39 is 6.17 Å². The summed E-state index contributed by atoms with van der Waals surface area (Å²) < 4.78 is 10.7. The Hall–Kier alpha value is -4.00. The van der Waals surface area contributed by atoms with Crippen LogP contribution in [0.5, 0.6) is 11.5 Å². The number of nitrogens with one attached hydrogen (secondary N) is 2. The number of hydrazine groups is 1. The van der Waals surface area contributed by atoms with Gasteiger partial charge in [0.2, 0.25) is 0 Å². The second-order valence-electron chi connectivity index (χ2n) is 6.69. The molecule has 0 radical (unpaired) electrons. The van der Waals surface area contributed by atoms with Gasteiger partial charge < -0.3 is 14.8 Å². The van der Waals surface area contributed by atoms with Gasteiger partial charge in [-0.15, -0.1) is 0 Å². The minimum atomic E-state index is -0.639. The fourth-order valence-corrected chi connectivity index (χ4v) is 3.39. The van der Waals surface area contributed by atoms with Gasteiger partial charge in [-0.1, -0.05) is 36.4 Å². The molecule has 0 aromatic heterocycles. The SMILES string of the molecule is COc1ccc([C@@H]2Nc3ccccc3C(=O)N2NC(=O)c2ccccc2)cc1OC. The fourth-order valence-electron chi connectivity index (χ4n) is 3.39. The summed E-state index contributed by atoms with van der Waals surface area (Å²) in [6.45, 7) is 0. The van der Waals surface area contributed by atoms with E-state index >= 15 is 0 Å². The van der Waals surface area contributed by atoms with Gasteiger partial charge in [0.15, 0.2) is 11.5 Å². The zero-order valence-electron chi connectivity index (χ0n) is 16.6. The first-order chi connectivity index (χ1) is 14.6. The van der Waals surface area contributed by atoms with Crippen molar-refractivity contribution >= 4 is 17.5 Å². The minimum absolute atomic E-state index is 0.312. The summed E-state index contributed by atoms with van der Waals surface area (Å²) >= 11 is 0. The second-order valence-corrected chi connectivity index (χ2v) is 6.69. The number of carbonyl (C=O) groups excluding carboxylic acids is 2. The van der Waals surface area contributed by atoms with Crippen molar-refractivity contribution in [1.82, 2.24) is 10.4 Å². The van der Waals surface area contributed by atoms with E-state index in [0.717, 1.165) is 5.56 Å². The monoisotopic (exact) mass is 403 g/mol. The molecular weight excluding hydrogens is 382 g/mol. The molecule has 0 bridgehead atoms. The predicted octanol–water partition coefficient (Wildman–Crippen LogP) is 3.62. The minimum Gasteiger partial charge on any atom is -0.493 e. The zero-order valence-corrected chi connectivity index (χ0v) is 16.6. The van der Waals surface area contributed by atoms with Crippen LogP contribution in [0.4, 0.5) is 5.69 Å². The number of carbonyl (C=O) groups is 2. The molecule has 30 heavy (non-hydrogen) atoms. The van der Waals surface area contributed by atoms with E-state index in [1.165, 1.54) is 5.01 Å². The van der Waals surface area contributed by atoms with Crippen molar-refractivity contribution in [3.63, 3.8) is 0 Å². The van der Waals surface area contributed by atoms with Crippen molar-refractivity contribution < 1.29 is 19.1 Å². The summed E-state index contributed by atoms with van der Waals surface area (Å²) in [6, 6.07) is 21.3. The molecule has 1 atom stereocenters. The van der Waals surface area contributed by atoms with Gasteiger partial charge in [0.25, 0.3) is 11.8 Å². The van der Waals surface area contributed by atoms with Crippen LogP contribution in [0.2, 0.25) is 0 Å². The maximum atomic E-state index is 13.3. The van der Waals surface area contributed by atoms with Crippen molar-refractivity contribution in [1.29, 1.82) is 0 Å². The number of fused-ring (bicyclic) bond motifs is 1. The number of hydrogen-bond acceptors (Lipinski definition) is 5. The number of rotatable bonds is 5. The number of methoxy groups -OCH3 is 2. The molecule has 0 fully saturated rings. The number of anilines is 1. The molecule has 3 aromatic rings. The van der Waals surface area contributed by atoms with Crippen LogP contribution < -0.4 is 20.2 Å². The summed E-state index contributed by atoms with van der Waals surface area (Å²) in [7, 11) is 3.11. The van der Waals surface area contributed by atoms with Crippen LogP contribution in [0.3, 0.4) is 0 Å². The van der Waals surface area contributed by atoms with Crippen LogP contribution in [-0.4, -0.2) is 31.0 Å². The first-order valence-corrected chi connectivity index (χ1v) is 9.39. The van der Waals surface area contributed by atoms with Gasteiger partial charge in [-0.05, 0) is 36.4 Å². The average molecular weight is 403 g/mol. The van der Waals surface area contributed by atoms with Gasteiger partial charge in [0.05, 0.1) is 19.8 Å². The van der Waals surface area contributed by atoms with Gasteiger partial charge in [0, 0.05) is 16.8 Å². The van der Waals surface area contributed by atoms with Crippen LogP contribution in [0.15, 0.2) is 72.8 Å². The Balaban J connectivity index is 1.74. The van der Waals surface area contributed by atoms with E-state index in [2.05, 4.69) is 10.7 Å². The van der Waals surface area contributed by atoms with Gasteiger partial charge in [-0.3, -0.25) is 15.0 Å². The first kappa shape index (κ1) is 19.3. The summed E-state index contributed by atoms with van der Waals surface area (Å²) in [6.07, 6.45) is -0.639. The van der Waals surface area contributed by atoms with Crippen molar-refractivity contribution in [2.45, 2.75) is 6.17 Å². The van der Waals surface area contributed by atoms with Crippen molar-refractivity contribution in [3.05, 3.63) is 89.5 Å². The van der Waals surface area contributed by atoms with Gasteiger partial charge in [-0.25, -0.2) is 5.01 Å². The fraction of sp³-hybridized carbons (Fsp3) is 0.130. The maximum absolute atomic E-state index is 13.3. The molecule has 0 saturated heterocycles. The number of amides is 2. The molecular formula is C23H21N3O4. The van der Waals surface area contributed by atoms with E-state index in [-0.39, 0.29) is 11.8 Å². The number of para-hydroxylation sites is 1. The molecule has 2 N–H and O–H groups in total. The highest BCUT2D eigenvalue weighted by atomic mass is 16.5. The lowest BCUT2D eigenvalue weighted by Gasteiger charge is -2.37. The van der Waals surface area contributed by atoms with Crippen LogP contribution in [0.1, 0.15) is 32.4 Å². The molecule has 2 amide bonds. The normalized spacial score (nSPS) is 15.1.